The number of rotatable bonds is 2. The standard InChI is InChI=1S/C13H14N2O/c16-9-10-5-6-15-12(7-10)8-14-13(15)11-3-1-2-4-11/h5-9,11H,1-4H2. The van der Waals surface area contributed by atoms with Gasteiger partial charge in [-0.1, -0.05) is 12.8 Å². The molecule has 0 bridgehead atoms. The molecule has 0 amide bonds. The molecule has 82 valence electrons. The number of pyridine rings is 1. The molecular weight excluding hydrogens is 200 g/mol. The highest BCUT2D eigenvalue weighted by molar-refractivity contribution is 5.77. The molecule has 1 saturated carbocycles. The van der Waals surface area contributed by atoms with Crippen molar-refractivity contribution in [3.8, 4) is 0 Å². The fourth-order valence-electron chi connectivity index (χ4n) is 2.60. The van der Waals surface area contributed by atoms with Crippen molar-refractivity contribution in [1.29, 1.82) is 0 Å². The van der Waals surface area contributed by atoms with Gasteiger partial charge in [0.05, 0.1) is 11.7 Å². The van der Waals surface area contributed by atoms with Gasteiger partial charge >= 0.3 is 0 Å². The average Bonchev–Trinajstić information content (AvgIpc) is 2.96. The monoisotopic (exact) mass is 214 g/mol. The van der Waals surface area contributed by atoms with Crippen LogP contribution in [0.2, 0.25) is 0 Å². The van der Waals surface area contributed by atoms with E-state index in [0.717, 1.165) is 17.6 Å². The minimum Gasteiger partial charge on any atom is -0.303 e. The first-order valence-corrected chi connectivity index (χ1v) is 5.80. The Bertz CT molecular complexity index is 524. The molecule has 2 aromatic heterocycles. The van der Waals surface area contributed by atoms with Gasteiger partial charge in [-0.05, 0) is 25.0 Å². The molecule has 0 aromatic carbocycles. The molecule has 1 fully saturated rings. The number of fused-ring (bicyclic) bond motifs is 1. The van der Waals surface area contributed by atoms with E-state index in [1.165, 1.54) is 25.7 Å². The van der Waals surface area contributed by atoms with E-state index in [4.69, 9.17) is 0 Å². The van der Waals surface area contributed by atoms with Crippen LogP contribution in [-0.2, 0) is 0 Å². The minimum atomic E-state index is 0.601. The zero-order valence-corrected chi connectivity index (χ0v) is 9.10. The van der Waals surface area contributed by atoms with Crippen LogP contribution < -0.4 is 0 Å². The molecule has 0 atom stereocenters. The lowest BCUT2D eigenvalue weighted by molar-refractivity contribution is 0.112. The number of aldehydes is 1. The van der Waals surface area contributed by atoms with Crippen LogP contribution in [0, 0.1) is 0 Å². The summed E-state index contributed by atoms with van der Waals surface area (Å²) in [4.78, 5) is 15.2. The lowest BCUT2D eigenvalue weighted by Gasteiger charge is -2.07. The molecule has 3 nitrogen and oxygen atoms in total. The number of aromatic nitrogens is 2. The molecule has 1 aliphatic carbocycles. The van der Waals surface area contributed by atoms with E-state index < -0.39 is 0 Å². The van der Waals surface area contributed by atoms with Gasteiger partial charge in [-0.15, -0.1) is 0 Å². The molecule has 0 unspecified atom stereocenters. The van der Waals surface area contributed by atoms with Gasteiger partial charge in [0.25, 0.3) is 0 Å². The van der Waals surface area contributed by atoms with E-state index in [1.54, 1.807) is 0 Å². The molecule has 0 aliphatic heterocycles. The van der Waals surface area contributed by atoms with Crippen LogP contribution in [0.25, 0.3) is 5.52 Å². The van der Waals surface area contributed by atoms with Crippen molar-refractivity contribution in [1.82, 2.24) is 9.38 Å². The van der Waals surface area contributed by atoms with Gasteiger partial charge in [-0.25, -0.2) is 4.98 Å². The van der Waals surface area contributed by atoms with Crippen molar-refractivity contribution < 1.29 is 4.79 Å². The molecule has 2 aromatic rings. The van der Waals surface area contributed by atoms with Gasteiger partial charge in [0, 0.05) is 17.7 Å². The summed E-state index contributed by atoms with van der Waals surface area (Å²) in [5.41, 5.74) is 1.73. The second-order valence-electron chi connectivity index (χ2n) is 4.47. The largest absolute Gasteiger partial charge is 0.303 e. The van der Waals surface area contributed by atoms with E-state index in [2.05, 4.69) is 9.38 Å². The first-order chi connectivity index (χ1) is 7.88. The fourth-order valence-corrected chi connectivity index (χ4v) is 2.60. The number of imidazole rings is 1. The van der Waals surface area contributed by atoms with E-state index in [-0.39, 0.29) is 0 Å². The van der Waals surface area contributed by atoms with Crippen LogP contribution in [0.3, 0.4) is 0 Å². The maximum absolute atomic E-state index is 10.7. The van der Waals surface area contributed by atoms with Crippen molar-refractivity contribution in [2.24, 2.45) is 0 Å². The maximum Gasteiger partial charge on any atom is 0.150 e. The lowest BCUT2D eigenvalue weighted by Crippen LogP contribution is -2.00. The van der Waals surface area contributed by atoms with Gasteiger partial charge in [0.1, 0.15) is 12.1 Å². The van der Waals surface area contributed by atoms with Crippen LogP contribution in [0.5, 0.6) is 0 Å². The van der Waals surface area contributed by atoms with E-state index >= 15 is 0 Å². The second kappa shape index (κ2) is 3.74. The topological polar surface area (TPSA) is 34.4 Å². The van der Waals surface area contributed by atoms with Crippen molar-refractivity contribution in [2.45, 2.75) is 31.6 Å². The van der Waals surface area contributed by atoms with Crippen molar-refractivity contribution in [2.75, 3.05) is 0 Å². The quantitative estimate of drug-likeness (QED) is 0.720. The fraction of sp³-hybridized carbons (Fsp3) is 0.385. The molecule has 2 heterocycles. The van der Waals surface area contributed by atoms with Crippen LogP contribution in [0.4, 0.5) is 0 Å². The molecule has 3 heteroatoms. The predicted octanol–water partition coefficient (Wildman–Crippen LogP) is 2.80. The van der Waals surface area contributed by atoms with Crippen molar-refractivity contribution in [3.63, 3.8) is 0 Å². The highest BCUT2D eigenvalue weighted by atomic mass is 16.1. The van der Waals surface area contributed by atoms with Crippen molar-refractivity contribution >= 4 is 11.8 Å². The molecule has 0 spiro atoms. The Hall–Kier alpha value is -1.64. The summed E-state index contributed by atoms with van der Waals surface area (Å²) in [6.07, 6.45) is 9.81. The minimum absolute atomic E-state index is 0.601. The summed E-state index contributed by atoms with van der Waals surface area (Å²) in [5.74, 6) is 1.76. The molecular formula is C13H14N2O. The van der Waals surface area contributed by atoms with Crippen LogP contribution >= 0.6 is 0 Å². The summed E-state index contributed by atoms with van der Waals surface area (Å²) in [6, 6.07) is 3.73. The molecule has 3 rings (SSSR count). The predicted molar refractivity (Wildman–Crippen MR) is 61.8 cm³/mol. The average molecular weight is 214 g/mol. The smallest absolute Gasteiger partial charge is 0.150 e. The summed E-state index contributed by atoms with van der Waals surface area (Å²) in [7, 11) is 0. The normalized spacial score (nSPS) is 17.0. The zero-order valence-electron chi connectivity index (χ0n) is 9.10. The van der Waals surface area contributed by atoms with Gasteiger partial charge < -0.3 is 4.40 Å². The van der Waals surface area contributed by atoms with Gasteiger partial charge in [-0.3, -0.25) is 4.79 Å². The van der Waals surface area contributed by atoms with Crippen LogP contribution in [0.1, 0.15) is 47.8 Å². The lowest BCUT2D eigenvalue weighted by atomic mass is 10.1. The number of carbonyl (C=O) groups is 1. The Labute approximate surface area is 94.1 Å². The third-order valence-corrected chi connectivity index (χ3v) is 3.44. The molecule has 0 N–H and O–H groups in total. The number of hydrogen-bond donors (Lipinski definition) is 0. The van der Waals surface area contributed by atoms with Gasteiger partial charge in [0.2, 0.25) is 0 Å². The third-order valence-electron chi connectivity index (χ3n) is 3.44. The van der Waals surface area contributed by atoms with E-state index in [9.17, 15) is 4.79 Å². The van der Waals surface area contributed by atoms with Gasteiger partial charge in [0.15, 0.2) is 0 Å². The maximum atomic E-state index is 10.7. The summed E-state index contributed by atoms with van der Waals surface area (Å²) < 4.78 is 2.11. The number of nitrogens with zero attached hydrogens (tertiary/aromatic N) is 2. The summed E-state index contributed by atoms with van der Waals surface area (Å²) >= 11 is 0. The first kappa shape index (κ1) is 9.58. The van der Waals surface area contributed by atoms with Crippen LogP contribution in [-0.4, -0.2) is 15.7 Å². The Morgan fingerprint density at radius 1 is 1.38 bits per heavy atom. The van der Waals surface area contributed by atoms with E-state index in [0.29, 0.717) is 11.5 Å². The summed E-state index contributed by atoms with van der Waals surface area (Å²) in [5, 5.41) is 0. The Kier molecular flexibility index (Phi) is 2.24. The number of carbonyl (C=O) groups excluding carboxylic acids is 1. The van der Waals surface area contributed by atoms with E-state index in [1.807, 2.05) is 24.5 Å². The third kappa shape index (κ3) is 1.43. The highest BCUT2D eigenvalue weighted by Crippen LogP contribution is 2.33. The zero-order chi connectivity index (χ0) is 11.0. The molecule has 1 aliphatic rings. The first-order valence-electron chi connectivity index (χ1n) is 5.80. The second-order valence-corrected chi connectivity index (χ2v) is 4.47. The Morgan fingerprint density at radius 3 is 2.94 bits per heavy atom. The SMILES string of the molecule is O=Cc1ccn2c(C3CCCC3)ncc2c1. The Balaban J connectivity index is 2.09. The van der Waals surface area contributed by atoms with Crippen LogP contribution in [0.15, 0.2) is 24.5 Å². The number of hydrogen-bond acceptors (Lipinski definition) is 2. The molecule has 0 saturated heterocycles. The van der Waals surface area contributed by atoms with Gasteiger partial charge in [-0.2, -0.15) is 0 Å². The molecule has 0 radical (unpaired) electrons. The summed E-state index contributed by atoms with van der Waals surface area (Å²) in [6.45, 7) is 0. The highest BCUT2D eigenvalue weighted by Gasteiger charge is 2.21. The molecule has 16 heavy (non-hydrogen) atoms. The Morgan fingerprint density at radius 2 is 2.19 bits per heavy atom. The van der Waals surface area contributed by atoms with Crippen molar-refractivity contribution in [3.05, 3.63) is 35.9 Å².